The van der Waals surface area contributed by atoms with Crippen LogP contribution in [0.3, 0.4) is 0 Å². The van der Waals surface area contributed by atoms with Gasteiger partial charge < -0.3 is 21.3 Å². The molecule has 0 aliphatic rings. The Hall–Kier alpha value is -3.06. The van der Waals surface area contributed by atoms with Crippen LogP contribution in [0.4, 0.5) is 0 Å². The lowest BCUT2D eigenvalue weighted by Crippen LogP contribution is -2.38. The molecule has 0 spiro atoms. The smallest absolute Gasteiger partial charge is 0.251 e. The molecule has 0 saturated carbocycles. The highest BCUT2D eigenvalue weighted by atomic mass is 35.5. The summed E-state index contributed by atoms with van der Waals surface area (Å²) in [6, 6.07) is 14.8. The van der Waals surface area contributed by atoms with Gasteiger partial charge in [0.2, 0.25) is 5.91 Å². The zero-order valence-electron chi connectivity index (χ0n) is 15.9. The van der Waals surface area contributed by atoms with Crippen LogP contribution in [-0.2, 0) is 17.9 Å². The van der Waals surface area contributed by atoms with E-state index < -0.39 is 5.91 Å². The number of rotatable bonds is 7. The van der Waals surface area contributed by atoms with Crippen molar-refractivity contribution in [2.45, 2.75) is 13.1 Å². The van der Waals surface area contributed by atoms with Crippen LogP contribution in [0.25, 0.3) is 0 Å². The Kier molecular flexibility index (Phi) is 7.83. The zero-order valence-corrected chi connectivity index (χ0v) is 16.7. The van der Waals surface area contributed by atoms with E-state index in [0.717, 1.165) is 17.1 Å². The molecule has 2 aromatic rings. The Morgan fingerprint density at radius 3 is 2.21 bits per heavy atom. The van der Waals surface area contributed by atoms with E-state index in [0.29, 0.717) is 23.7 Å². The van der Waals surface area contributed by atoms with Gasteiger partial charge >= 0.3 is 0 Å². The summed E-state index contributed by atoms with van der Waals surface area (Å²) in [7, 11) is 3.68. The summed E-state index contributed by atoms with van der Waals surface area (Å²) in [5.41, 5.74) is 7.61. The van der Waals surface area contributed by atoms with Crippen molar-refractivity contribution in [3.05, 3.63) is 70.2 Å². The number of primary amides is 1. The highest BCUT2D eigenvalue weighted by molar-refractivity contribution is 6.30. The van der Waals surface area contributed by atoms with E-state index >= 15 is 0 Å². The molecule has 0 heterocycles. The van der Waals surface area contributed by atoms with Crippen molar-refractivity contribution in [1.29, 1.82) is 0 Å². The minimum absolute atomic E-state index is 0.182. The van der Waals surface area contributed by atoms with Crippen molar-refractivity contribution in [3.8, 4) is 0 Å². The number of guanidine groups is 1. The van der Waals surface area contributed by atoms with E-state index in [1.807, 2.05) is 48.3 Å². The molecule has 7 nitrogen and oxygen atoms in total. The Labute approximate surface area is 169 Å². The number of carbonyl (C=O) groups excluding carboxylic acids is 2. The van der Waals surface area contributed by atoms with Gasteiger partial charge in [0, 0.05) is 37.8 Å². The Bertz CT molecular complexity index is 835. The van der Waals surface area contributed by atoms with Gasteiger partial charge in [-0.2, -0.15) is 0 Å². The molecule has 8 heteroatoms. The SMILES string of the molecule is CN=C(NCc1ccc(C(=O)NCC(N)=O)cc1)N(C)Cc1ccc(Cl)cc1. The van der Waals surface area contributed by atoms with Crippen LogP contribution in [0.15, 0.2) is 53.5 Å². The van der Waals surface area contributed by atoms with E-state index in [2.05, 4.69) is 15.6 Å². The maximum atomic E-state index is 11.9. The van der Waals surface area contributed by atoms with Gasteiger partial charge in [0.1, 0.15) is 0 Å². The topological polar surface area (TPSA) is 99.8 Å². The lowest BCUT2D eigenvalue weighted by Gasteiger charge is -2.22. The fraction of sp³-hybridized carbons (Fsp3) is 0.250. The quantitative estimate of drug-likeness (QED) is 0.486. The summed E-state index contributed by atoms with van der Waals surface area (Å²) in [4.78, 5) is 28.9. The predicted molar refractivity (Wildman–Crippen MR) is 111 cm³/mol. The zero-order chi connectivity index (χ0) is 20.5. The lowest BCUT2D eigenvalue weighted by molar-refractivity contribution is -0.117. The highest BCUT2D eigenvalue weighted by Crippen LogP contribution is 2.11. The fourth-order valence-electron chi connectivity index (χ4n) is 2.55. The third kappa shape index (κ3) is 6.59. The maximum Gasteiger partial charge on any atom is 0.251 e. The summed E-state index contributed by atoms with van der Waals surface area (Å²) in [5, 5.41) is 6.46. The number of aliphatic imine (C=N–C) groups is 1. The summed E-state index contributed by atoms with van der Waals surface area (Å²) in [5.74, 6) is -0.168. The minimum Gasteiger partial charge on any atom is -0.368 e. The third-order valence-electron chi connectivity index (χ3n) is 4.00. The van der Waals surface area contributed by atoms with Gasteiger partial charge in [0.15, 0.2) is 5.96 Å². The van der Waals surface area contributed by atoms with Gasteiger partial charge in [-0.05, 0) is 35.4 Å². The average molecular weight is 402 g/mol. The third-order valence-corrected chi connectivity index (χ3v) is 4.25. The largest absolute Gasteiger partial charge is 0.368 e. The van der Waals surface area contributed by atoms with Crippen LogP contribution in [0.2, 0.25) is 5.02 Å². The first-order valence-electron chi connectivity index (χ1n) is 8.70. The molecule has 0 saturated heterocycles. The standard InChI is InChI=1S/C20H24ClN5O2/c1-23-20(26(2)13-15-5-9-17(21)10-6-15)25-11-14-3-7-16(8-4-14)19(28)24-12-18(22)27/h3-10H,11-13H2,1-2H3,(H2,22,27)(H,23,25)(H,24,28). The van der Waals surface area contributed by atoms with Crippen LogP contribution >= 0.6 is 11.6 Å². The van der Waals surface area contributed by atoms with Crippen LogP contribution in [-0.4, -0.2) is 43.3 Å². The van der Waals surface area contributed by atoms with Gasteiger partial charge in [-0.3, -0.25) is 14.6 Å². The molecule has 4 N–H and O–H groups in total. The number of benzene rings is 2. The minimum atomic E-state index is -0.580. The number of nitrogens with one attached hydrogen (secondary N) is 2. The van der Waals surface area contributed by atoms with Crippen LogP contribution in [0.1, 0.15) is 21.5 Å². The van der Waals surface area contributed by atoms with Crippen molar-refractivity contribution in [2.75, 3.05) is 20.6 Å². The van der Waals surface area contributed by atoms with Gasteiger partial charge in [-0.1, -0.05) is 35.9 Å². The van der Waals surface area contributed by atoms with Gasteiger partial charge in [0.05, 0.1) is 6.54 Å². The summed E-state index contributed by atoms with van der Waals surface area (Å²) in [6.45, 7) is 1.06. The van der Waals surface area contributed by atoms with Gasteiger partial charge in [-0.15, -0.1) is 0 Å². The molecule has 0 unspecified atom stereocenters. The van der Waals surface area contributed by atoms with E-state index in [9.17, 15) is 9.59 Å². The van der Waals surface area contributed by atoms with Crippen LogP contribution in [0.5, 0.6) is 0 Å². The summed E-state index contributed by atoms with van der Waals surface area (Å²) >= 11 is 5.92. The highest BCUT2D eigenvalue weighted by Gasteiger charge is 2.08. The number of carbonyl (C=O) groups is 2. The van der Waals surface area contributed by atoms with E-state index in [1.54, 1.807) is 19.2 Å². The molecule has 28 heavy (non-hydrogen) atoms. The molecule has 2 amide bonds. The first-order chi connectivity index (χ1) is 13.4. The molecule has 0 aromatic heterocycles. The molecular weight excluding hydrogens is 378 g/mol. The molecular formula is C20H24ClN5O2. The molecule has 2 rings (SSSR count). The van der Waals surface area contributed by atoms with Crippen molar-refractivity contribution < 1.29 is 9.59 Å². The first-order valence-corrected chi connectivity index (χ1v) is 9.08. The van der Waals surface area contributed by atoms with Crippen LogP contribution < -0.4 is 16.4 Å². The Morgan fingerprint density at radius 2 is 1.64 bits per heavy atom. The molecule has 0 fully saturated rings. The Balaban J connectivity index is 1.89. The number of nitrogens with two attached hydrogens (primary N) is 1. The van der Waals surface area contributed by atoms with Crippen molar-refractivity contribution in [1.82, 2.24) is 15.5 Å². The molecule has 2 aromatic carbocycles. The molecule has 0 aliphatic carbocycles. The monoisotopic (exact) mass is 401 g/mol. The molecule has 0 radical (unpaired) electrons. The van der Waals surface area contributed by atoms with E-state index in [1.165, 1.54) is 0 Å². The molecule has 0 bridgehead atoms. The maximum absolute atomic E-state index is 11.9. The second-order valence-electron chi connectivity index (χ2n) is 6.23. The second kappa shape index (κ2) is 10.3. The second-order valence-corrected chi connectivity index (χ2v) is 6.67. The average Bonchev–Trinajstić information content (AvgIpc) is 2.68. The van der Waals surface area contributed by atoms with E-state index in [-0.39, 0.29) is 12.5 Å². The number of hydrogen-bond donors (Lipinski definition) is 3. The van der Waals surface area contributed by atoms with Crippen molar-refractivity contribution in [2.24, 2.45) is 10.7 Å². The number of amides is 2. The number of halogens is 1. The Morgan fingerprint density at radius 1 is 1.04 bits per heavy atom. The van der Waals surface area contributed by atoms with Crippen molar-refractivity contribution in [3.63, 3.8) is 0 Å². The lowest BCUT2D eigenvalue weighted by atomic mass is 10.1. The molecule has 148 valence electrons. The normalized spacial score (nSPS) is 11.0. The molecule has 0 aliphatic heterocycles. The van der Waals surface area contributed by atoms with Gasteiger partial charge in [-0.25, -0.2) is 0 Å². The fourth-order valence-corrected chi connectivity index (χ4v) is 2.67. The summed E-state index contributed by atoms with van der Waals surface area (Å²) in [6.07, 6.45) is 0. The van der Waals surface area contributed by atoms with Gasteiger partial charge in [0.25, 0.3) is 5.91 Å². The first kappa shape index (κ1) is 21.2. The molecule has 0 atom stereocenters. The number of nitrogens with zero attached hydrogens (tertiary/aromatic N) is 2. The van der Waals surface area contributed by atoms with Crippen molar-refractivity contribution >= 4 is 29.4 Å². The van der Waals surface area contributed by atoms with Crippen LogP contribution in [0, 0.1) is 0 Å². The predicted octanol–water partition coefficient (Wildman–Crippen LogP) is 1.76. The number of hydrogen-bond acceptors (Lipinski definition) is 3. The summed E-state index contributed by atoms with van der Waals surface area (Å²) < 4.78 is 0. The van der Waals surface area contributed by atoms with E-state index in [4.69, 9.17) is 17.3 Å².